The minimum absolute atomic E-state index is 0.112. The van der Waals surface area contributed by atoms with Gasteiger partial charge in [-0.1, -0.05) is 28.9 Å². The smallest absolute Gasteiger partial charge is 0.315 e. The maximum atomic E-state index is 12.0. The molecule has 8 heteroatoms. The van der Waals surface area contributed by atoms with Crippen molar-refractivity contribution < 1.29 is 4.79 Å². The van der Waals surface area contributed by atoms with Crippen LogP contribution in [0.1, 0.15) is 12.8 Å². The molecule has 0 bridgehead atoms. The predicted molar refractivity (Wildman–Crippen MR) is 93.2 cm³/mol. The molecule has 1 saturated heterocycles. The highest BCUT2D eigenvalue weighted by atomic mass is 35.5. The fourth-order valence-corrected chi connectivity index (χ4v) is 3.15. The molecular formula is C16H21ClN6O. The van der Waals surface area contributed by atoms with Crippen molar-refractivity contribution in [1.82, 2.24) is 25.6 Å². The number of carbonyl (C=O) groups is 1. The number of hydrogen-bond donors (Lipinski definition) is 2. The predicted octanol–water partition coefficient (Wildman–Crippen LogP) is 1.90. The number of aromatic nitrogens is 3. The van der Waals surface area contributed by atoms with Gasteiger partial charge in [0.2, 0.25) is 0 Å². The van der Waals surface area contributed by atoms with Crippen molar-refractivity contribution in [1.29, 1.82) is 0 Å². The normalized spacial score (nSPS) is 17.5. The molecule has 2 amide bonds. The molecule has 7 nitrogen and oxygen atoms in total. The average Bonchev–Trinajstić information content (AvgIpc) is 3.09. The molecule has 0 aliphatic carbocycles. The molecule has 3 rings (SSSR count). The molecular weight excluding hydrogens is 328 g/mol. The van der Waals surface area contributed by atoms with Crippen LogP contribution in [0.3, 0.4) is 0 Å². The van der Waals surface area contributed by atoms with Gasteiger partial charge in [-0.05, 0) is 25.0 Å². The first kappa shape index (κ1) is 16.6. The van der Waals surface area contributed by atoms with E-state index in [9.17, 15) is 4.79 Å². The summed E-state index contributed by atoms with van der Waals surface area (Å²) in [6, 6.07) is 7.78. The highest BCUT2D eigenvalue weighted by molar-refractivity contribution is 6.33. The quantitative estimate of drug-likeness (QED) is 0.865. The van der Waals surface area contributed by atoms with Gasteiger partial charge in [0.1, 0.15) is 0 Å². The monoisotopic (exact) mass is 348 g/mol. The molecule has 2 N–H and O–H groups in total. The standard InChI is InChI=1S/C16H21ClN6O/c17-14-5-1-2-6-15(14)22-9-3-4-13(12-22)20-16(24)18-7-10-23-11-8-19-21-23/h1-2,5-6,8,11,13H,3-4,7,9-10,12H2,(H2,18,20,24)/t13-/m1/s1. The van der Waals surface area contributed by atoms with E-state index in [1.165, 1.54) is 0 Å². The molecule has 1 aromatic heterocycles. The third-order valence-corrected chi connectivity index (χ3v) is 4.37. The zero-order valence-corrected chi connectivity index (χ0v) is 14.1. The first-order valence-electron chi connectivity index (χ1n) is 8.10. The van der Waals surface area contributed by atoms with E-state index >= 15 is 0 Å². The number of urea groups is 1. The molecule has 1 atom stereocenters. The van der Waals surface area contributed by atoms with Gasteiger partial charge >= 0.3 is 6.03 Å². The van der Waals surface area contributed by atoms with Crippen LogP contribution in [0.4, 0.5) is 10.5 Å². The summed E-state index contributed by atoms with van der Waals surface area (Å²) in [6.45, 7) is 2.83. The van der Waals surface area contributed by atoms with E-state index in [-0.39, 0.29) is 12.1 Å². The zero-order valence-electron chi connectivity index (χ0n) is 13.4. The van der Waals surface area contributed by atoms with Gasteiger partial charge in [-0.3, -0.25) is 4.68 Å². The third-order valence-electron chi connectivity index (χ3n) is 4.05. The molecule has 24 heavy (non-hydrogen) atoms. The minimum Gasteiger partial charge on any atom is -0.368 e. The molecule has 2 heterocycles. The lowest BCUT2D eigenvalue weighted by Crippen LogP contribution is -2.51. The van der Waals surface area contributed by atoms with Crippen LogP contribution >= 0.6 is 11.6 Å². The Bertz CT molecular complexity index is 662. The fourth-order valence-electron chi connectivity index (χ4n) is 2.89. The largest absolute Gasteiger partial charge is 0.368 e. The summed E-state index contributed by atoms with van der Waals surface area (Å²) in [5.41, 5.74) is 1.03. The van der Waals surface area contributed by atoms with Crippen molar-refractivity contribution in [2.45, 2.75) is 25.4 Å². The summed E-state index contributed by atoms with van der Waals surface area (Å²) in [7, 11) is 0. The Labute approximate surface area is 146 Å². The summed E-state index contributed by atoms with van der Waals surface area (Å²) in [6.07, 6.45) is 5.38. The van der Waals surface area contributed by atoms with Gasteiger partial charge in [0.05, 0.1) is 23.5 Å². The van der Waals surface area contributed by atoms with Gasteiger partial charge in [-0.25, -0.2) is 4.79 Å². The lowest BCUT2D eigenvalue weighted by atomic mass is 10.1. The molecule has 0 radical (unpaired) electrons. The number of piperidine rings is 1. The third kappa shape index (κ3) is 4.38. The SMILES string of the molecule is O=C(NCCn1ccnn1)N[C@@H]1CCCN(c2ccccc2Cl)C1. The molecule has 2 aromatic rings. The first-order chi connectivity index (χ1) is 11.7. The highest BCUT2D eigenvalue weighted by Gasteiger charge is 2.22. The van der Waals surface area contributed by atoms with Crippen LogP contribution in [-0.4, -0.2) is 46.7 Å². The number of halogens is 1. The number of carbonyl (C=O) groups excluding carboxylic acids is 1. The highest BCUT2D eigenvalue weighted by Crippen LogP contribution is 2.27. The van der Waals surface area contributed by atoms with Crippen molar-refractivity contribution in [2.24, 2.45) is 0 Å². The fraction of sp³-hybridized carbons (Fsp3) is 0.438. The van der Waals surface area contributed by atoms with Crippen molar-refractivity contribution in [3.05, 3.63) is 41.7 Å². The maximum absolute atomic E-state index is 12.0. The van der Waals surface area contributed by atoms with Gasteiger partial charge in [-0.2, -0.15) is 0 Å². The van der Waals surface area contributed by atoms with E-state index in [1.54, 1.807) is 17.1 Å². The van der Waals surface area contributed by atoms with E-state index in [4.69, 9.17) is 11.6 Å². The van der Waals surface area contributed by atoms with Crippen molar-refractivity contribution in [3.8, 4) is 0 Å². The number of hydrogen-bond acceptors (Lipinski definition) is 4. The van der Waals surface area contributed by atoms with Crippen LogP contribution in [0.25, 0.3) is 0 Å². The first-order valence-corrected chi connectivity index (χ1v) is 8.48. The molecule has 0 spiro atoms. The minimum atomic E-state index is -0.152. The van der Waals surface area contributed by atoms with E-state index in [2.05, 4.69) is 25.8 Å². The molecule has 128 valence electrons. The van der Waals surface area contributed by atoms with E-state index < -0.39 is 0 Å². The summed E-state index contributed by atoms with van der Waals surface area (Å²) in [5, 5.41) is 14.2. The summed E-state index contributed by atoms with van der Waals surface area (Å²) in [4.78, 5) is 14.3. The second kappa shape index (κ2) is 8.01. The Hall–Kier alpha value is -2.28. The molecule has 1 fully saturated rings. The van der Waals surface area contributed by atoms with E-state index in [0.717, 1.165) is 36.6 Å². The number of nitrogens with zero attached hydrogens (tertiary/aromatic N) is 4. The van der Waals surface area contributed by atoms with Gasteiger partial charge in [0, 0.05) is 31.9 Å². The van der Waals surface area contributed by atoms with Gasteiger partial charge < -0.3 is 15.5 Å². The van der Waals surface area contributed by atoms with Crippen LogP contribution in [0.5, 0.6) is 0 Å². The molecule has 0 saturated carbocycles. The Morgan fingerprint density at radius 3 is 3.04 bits per heavy atom. The number of para-hydroxylation sites is 1. The topological polar surface area (TPSA) is 75.1 Å². The zero-order chi connectivity index (χ0) is 16.8. The number of nitrogens with one attached hydrogen (secondary N) is 2. The number of rotatable bonds is 5. The van der Waals surface area contributed by atoms with E-state index in [1.807, 2.05) is 24.3 Å². The van der Waals surface area contributed by atoms with Crippen molar-refractivity contribution >= 4 is 23.3 Å². The van der Waals surface area contributed by atoms with Crippen LogP contribution in [-0.2, 0) is 6.54 Å². The molecule has 1 aromatic carbocycles. The van der Waals surface area contributed by atoms with Crippen LogP contribution < -0.4 is 15.5 Å². The maximum Gasteiger partial charge on any atom is 0.315 e. The second-order valence-corrected chi connectivity index (χ2v) is 6.21. The van der Waals surface area contributed by atoms with E-state index in [0.29, 0.717) is 13.1 Å². The average molecular weight is 349 g/mol. The second-order valence-electron chi connectivity index (χ2n) is 5.80. The lowest BCUT2D eigenvalue weighted by molar-refractivity contribution is 0.234. The summed E-state index contributed by atoms with van der Waals surface area (Å²) >= 11 is 6.27. The number of benzene rings is 1. The molecule has 0 unspecified atom stereocenters. The van der Waals surface area contributed by atoms with Crippen molar-refractivity contribution in [3.63, 3.8) is 0 Å². The van der Waals surface area contributed by atoms with Crippen LogP contribution in [0.2, 0.25) is 5.02 Å². The van der Waals surface area contributed by atoms with Crippen LogP contribution in [0.15, 0.2) is 36.7 Å². The molecule has 1 aliphatic heterocycles. The lowest BCUT2D eigenvalue weighted by Gasteiger charge is -2.35. The Balaban J connectivity index is 1.46. The number of anilines is 1. The summed E-state index contributed by atoms with van der Waals surface area (Å²) < 4.78 is 1.68. The Morgan fingerprint density at radius 2 is 2.25 bits per heavy atom. The van der Waals surface area contributed by atoms with Crippen LogP contribution in [0, 0.1) is 0 Å². The number of amides is 2. The van der Waals surface area contributed by atoms with Crippen molar-refractivity contribution in [2.75, 3.05) is 24.5 Å². The van der Waals surface area contributed by atoms with Gasteiger partial charge in [0.25, 0.3) is 0 Å². The Morgan fingerprint density at radius 1 is 1.38 bits per heavy atom. The van der Waals surface area contributed by atoms with Gasteiger partial charge in [-0.15, -0.1) is 5.10 Å². The Kier molecular flexibility index (Phi) is 5.53. The summed E-state index contributed by atoms with van der Waals surface area (Å²) in [5.74, 6) is 0. The van der Waals surface area contributed by atoms with Gasteiger partial charge in [0.15, 0.2) is 0 Å². The molecule has 1 aliphatic rings.